The van der Waals surface area contributed by atoms with Gasteiger partial charge in [-0.25, -0.2) is 4.79 Å². The molecule has 1 amide bonds. The SMILES string of the molecule is CO[C@H]1[C@@H](C)C[C@@H](c2ccncc2N=C=S)C[C@H]1NC(=O)O. The van der Waals surface area contributed by atoms with Crippen LogP contribution in [0.5, 0.6) is 0 Å². The molecule has 1 aromatic heterocycles. The molecule has 7 heteroatoms. The molecule has 1 heterocycles. The lowest BCUT2D eigenvalue weighted by atomic mass is 9.74. The number of nitrogens with zero attached hydrogens (tertiary/aromatic N) is 2. The lowest BCUT2D eigenvalue weighted by molar-refractivity contribution is -0.000248. The fourth-order valence-electron chi connectivity index (χ4n) is 3.35. The van der Waals surface area contributed by atoms with Crippen molar-refractivity contribution in [2.24, 2.45) is 10.9 Å². The molecule has 6 nitrogen and oxygen atoms in total. The summed E-state index contributed by atoms with van der Waals surface area (Å²) in [6.07, 6.45) is 3.74. The largest absolute Gasteiger partial charge is 0.465 e. The number of isothiocyanates is 1. The van der Waals surface area contributed by atoms with E-state index in [1.54, 1.807) is 19.5 Å². The summed E-state index contributed by atoms with van der Waals surface area (Å²) in [5, 5.41) is 14.0. The molecule has 0 aromatic carbocycles. The van der Waals surface area contributed by atoms with Crippen molar-refractivity contribution in [2.45, 2.75) is 37.8 Å². The highest BCUT2D eigenvalue weighted by Gasteiger charge is 2.37. The van der Waals surface area contributed by atoms with Crippen LogP contribution in [0.4, 0.5) is 10.5 Å². The first-order chi connectivity index (χ1) is 10.6. The predicted molar refractivity (Wildman–Crippen MR) is 85.8 cm³/mol. The molecular weight excluding hydrogens is 302 g/mol. The first kappa shape index (κ1) is 16.5. The minimum atomic E-state index is -1.04. The number of hydrogen-bond donors (Lipinski definition) is 2. The zero-order valence-corrected chi connectivity index (χ0v) is 13.3. The Balaban J connectivity index is 2.29. The molecule has 1 aromatic rings. The molecule has 22 heavy (non-hydrogen) atoms. The number of amides is 1. The second-order valence-electron chi connectivity index (χ2n) is 5.54. The number of nitrogens with one attached hydrogen (secondary N) is 1. The first-order valence-corrected chi connectivity index (χ1v) is 7.51. The molecule has 1 aliphatic rings. The van der Waals surface area contributed by atoms with Crippen molar-refractivity contribution in [3.05, 3.63) is 24.0 Å². The number of hydrogen-bond acceptors (Lipinski definition) is 5. The van der Waals surface area contributed by atoms with Crippen molar-refractivity contribution in [3.8, 4) is 0 Å². The molecule has 2 N–H and O–H groups in total. The lowest BCUT2D eigenvalue weighted by Gasteiger charge is -2.39. The predicted octanol–water partition coefficient (Wildman–Crippen LogP) is 2.98. The molecule has 4 atom stereocenters. The Morgan fingerprint density at radius 1 is 1.59 bits per heavy atom. The molecule has 0 aliphatic heterocycles. The smallest absolute Gasteiger partial charge is 0.404 e. The molecule has 1 fully saturated rings. The summed E-state index contributed by atoms with van der Waals surface area (Å²) in [6.45, 7) is 2.07. The van der Waals surface area contributed by atoms with Crippen LogP contribution >= 0.6 is 12.2 Å². The number of aromatic nitrogens is 1. The minimum absolute atomic E-state index is 0.133. The highest BCUT2D eigenvalue weighted by molar-refractivity contribution is 7.78. The van der Waals surface area contributed by atoms with Crippen LogP contribution in [-0.4, -0.2) is 40.6 Å². The maximum Gasteiger partial charge on any atom is 0.404 e. The van der Waals surface area contributed by atoms with Gasteiger partial charge in [-0.15, -0.1) is 0 Å². The highest BCUT2D eigenvalue weighted by Crippen LogP contribution is 2.40. The Labute approximate surface area is 134 Å². The summed E-state index contributed by atoms with van der Waals surface area (Å²) >= 11 is 4.68. The molecule has 1 aliphatic carbocycles. The zero-order valence-electron chi connectivity index (χ0n) is 12.5. The average Bonchev–Trinajstić information content (AvgIpc) is 2.47. The number of rotatable bonds is 4. The van der Waals surface area contributed by atoms with Gasteiger partial charge < -0.3 is 15.2 Å². The van der Waals surface area contributed by atoms with Gasteiger partial charge in [-0.3, -0.25) is 4.98 Å². The van der Waals surface area contributed by atoms with Gasteiger partial charge in [0.2, 0.25) is 0 Å². The van der Waals surface area contributed by atoms with E-state index in [4.69, 9.17) is 9.84 Å². The molecule has 0 bridgehead atoms. The summed E-state index contributed by atoms with van der Waals surface area (Å²) in [7, 11) is 1.62. The number of pyridine rings is 1. The van der Waals surface area contributed by atoms with E-state index in [1.807, 2.05) is 6.07 Å². The van der Waals surface area contributed by atoms with Crippen molar-refractivity contribution < 1.29 is 14.6 Å². The van der Waals surface area contributed by atoms with Gasteiger partial charge in [-0.2, -0.15) is 4.99 Å². The third-order valence-electron chi connectivity index (χ3n) is 4.17. The van der Waals surface area contributed by atoms with Gasteiger partial charge in [-0.05, 0) is 48.5 Å². The Kier molecular flexibility index (Phi) is 5.60. The van der Waals surface area contributed by atoms with E-state index in [0.29, 0.717) is 12.1 Å². The maximum atomic E-state index is 11.0. The van der Waals surface area contributed by atoms with Gasteiger partial charge in [0, 0.05) is 13.3 Å². The molecule has 0 radical (unpaired) electrons. The van der Waals surface area contributed by atoms with Crippen molar-refractivity contribution in [1.29, 1.82) is 0 Å². The number of carbonyl (C=O) groups is 1. The molecular formula is C15H19N3O3S. The van der Waals surface area contributed by atoms with Crippen LogP contribution in [0.25, 0.3) is 0 Å². The second-order valence-corrected chi connectivity index (χ2v) is 5.72. The maximum absolute atomic E-state index is 11.0. The average molecular weight is 321 g/mol. The minimum Gasteiger partial charge on any atom is -0.465 e. The van der Waals surface area contributed by atoms with Gasteiger partial charge in [0.25, 0.3) is 0 Å². The zero-order chi connectivity index (χ0) is 16.1. The third kappa shape index (κ3) is 3.68. The molecule has 2 rings (SSSR count). The Morgan fingerprint density at radius 3 is 3.00 bits per heavy atom. The van der Waals surface area contributed by atoms with Crippen LogP contribution in [-0.2, 0) is 4.74 Å². The van der Waals surface area contributed by atoms with Gasteiger partial charge >= 0.3 is 6.09 Å². The van der Waals surface area contributed by atoms with E-state index in [0.717, 1.165) is 12.0 Å². The molecule has 0 unspecified atom stereocenters. The topological polar surface area (TPSA) is 83.8 Å². The quantitative estimate of drug-likeness (QED) is 0.658. The summed E-state index contributed by atoms with van der Waals surface area (Å²) in [6, 6.07) is 1.65. The lowest BCUT2D eigenvalue weighted by Crippen LogP contribution is -2.50. The first-order valence-electron chi connectivity index (χ1n) is 7.10. The van der Waals surface area contributed by atoms with Crippen LogP contribution < -0.4 is 5.32 Å². The number of ether oxygens (including phenoxy) is 1. The third-order valence-corrected chi connectivity index (χ3v) is 4.26. The Bertz CT molecular complexity index is 589. The molecule has 1 saturated carbocycles. The Morgan fingerprint density at radius 2 is 2.36 bits per heavy atom. The van der Waals surface area contributed by atoms with Crippen LogP contribution in [0.1, 0.15) is 31.2 Å². The van der Waals surface area contributed by atoms with Crippen LogP contribution in [0, 0.1) is 5.92 Å². The Hall–Kier alpha value is -1.82. The van der Waals surface area contributed by atoms with Gasteiger partial charge in [0.15, 0.2) is 0 Å². The van der Waals surface area contributed by atoms with Crippen LogP contribution in [0.2, 0.25) is 0 Å². The fraction of sp³-hybridized carbons (Fsp3) is 0.533. The standard InChI is InChI=1S/C15H19N3O3S/c1-9-5-10(6-12(14(9)21-2)18-15(19)20)11-3-4-16-7-13(11)17-8-22/h3-4,7,9-10,12,14,18H,5-6H2,1-2H3,(H,19,20)/t9-,10+,12+,14-/m0/s1. The van der Waals surface area contributed by atoms with E-state index >= 15 is 0 Å². The van der Waals surface area contributed by atoms with E-state index in [9.17, 15) is 4.79 Å². The number of aliphatic imine (C=N–C) groups is 1. The second kappa shape index (κ2) is 7.45. The summed E-state index contributed by atoms with van der Waals surface area (Å²) in [5.41, 5.74) is 1.71. The normalized spacial score (nSPS) is 27.7. The monoisotopic (exact) mass is 321 g/mol. The van der Waals surface area contributed by atoms with Crippen molar-refractivity contribution in [3.63, 3.8) is 0 Å². The van der Waals surface area contributed by atoms with E-state index < -0.39 is 6.09 Å². The van der Waals surface area contributed by atoms with Crippen LogP contribution in [0.3, 0.4) is 0 Å². The number of carboxylic acid groups (broad SMARTS) is 1. The van der Waals surface area contributed by atoms with Gasteiger partial charge in [0.05, 0.1) is 29.2 Å². The fourth-order valence-corrected chi connectivity index (χ4v) is 3.45. The summed E-state index contributed by atoms with van der Waals surface area (Å²) in [5.74, 6) is 0.390. The molecule has 0 saturated heterocycles. The van der Waals surface area contributed by atoms with E-state index in [1.165, 1.54) is 0 Å². The van der Waals surface area contributed by atoms with Gasteiger partial charge in [0.1, 0.15) is 0 Å². The van der Waals surface area contributed by atoms with Crippen LogP contribution in [0.15, 0.2) is 23.5 Å². The molecule has 0 spiro atoms. The summed E-state index contributed by atoms with van der Waals surface area (Å²) in [4.78, 5) is 19.2. The molecule has 118 valence electrons. The highest BCUT2D eigenvalue weighted by atomic mass is 32.1. The van der Waals surface area contributed by atoms with E-state index in [2.05, 4.69) is 39.6 Å². The van der Waals surface area contributed by atoms with Gasteiger partial charge in [-0.1, -0.05) is 6.92 Å². The van der Waals surface area contributed by atoms with Crippen molar-refractivity contribution in [2.75, 3.05) is 7.11 Å². The van der Waals surface area contributed by atoms with E-state index in [-0.39, 0.29) is 24.0 Å². The number of thiocarbonyl (C=S) groups is 1. The van der Waals surface area contributed by atoms with Crippen molar-refractivity contribution in [1.82, 2.24) is 10.3 Å². The number of methoxy groups -OCH3 is 1. The van der Waals surface area contributed by atoms with Crippen molar-refractivity contribution >= 4 is 29.2 Å². The summed E-state index contributed by atoms with van der Waals surface area (Å²) < 4.78 is 5.49.